The highest BCUT2D eigenvalue weighted by Crippen LogP contribution is 2.35. The predicted octanol–water partition coefficient (Wildman–Crippen LogP) is 2.70. The minimum absolute atomic E-state index is 0.0992. The molecule has 2 rings (SSSR count). The molecule has 0 saturated heterocycles. The van der Waals surface area contributed by atoms with Crippen LogP contribution in [0.15, 0.2) is 28.3 Å². The fourth-order valence-electron chi connectivity index (χ4n) is 1.78. The number of benzene rings is 1. The minimum atomic E-state index is -0.546. The van der Waals surface area contributed by atoms with Crippen molar-refractivity contribution in [2.75, 3.05) is 0 Å². The molecular formula is C13H9BrO4. The van der Waals surface area contributed by atoms with E-state index in [4.69, 9.17) is 4.74 Å². The Hall–Kier alpha value is -1.75. The van der Waals surface area contributed by atoms with Crippen LogP contribution in [0.25, 0.3) is 0 Å². The zero-order valence-electron chi connectivity index (χ0n) is 9.74. The highest BCUT2D eigenvalue weighted by Gasteiger charge is 2.28. The fraction of sp³-hybridized carbons (Fsp3) is 0.154. The van der Waals surface area contributed by atoms with Crippen molar-refractivity contribution in [1.29, 1.82) is 0 Å². The first kappa shape index (κ1) is 12.7. The molecular weight excluding hydrogens is 300 g/mol. The summed E-state index contributed by atoms with van der Waals surface area (Å²) in [6.45, 7) is 2.82. The molecule has 1 aromatic carbocycles. The largest absolute Gasteiger partial charge is 0.425 e. The standard InChI is InChI=1S/C13H9BrO4/c1-6-5-10(16)11-8(12(6)17)3-4-9(14)13(11)18-7(2)15/h3-5H,1-2H3. The Morgan fingerprint density at radius 2 is 1.94 bits per heavy atom. The first-order valence-electron chi connectivity index (χ1n) is 5.20. The maximum absolute atomic E-state index is 12.0. The fourth-order valence-corrected chi connectivity index (χ4v) is 2.19. The quantitative estimate of drug-likeness (QED) is 0.591. The number of fused-ring (bicyclic) bond motifs is 1. The first-order chi connectivity index (χ1) is 8.41. The highest BCUT2D eigenvalue weighted by molar-refractivity contribution is 9.10. The summed E-state index contributed by atoms with van der Waals surface area (Å²) in [5.74, 6) is -1.01. The van der Waals surface area contributed by atoms with Crippen molar-refractivity contribution < 1.29 is 19.1 Å². The van der Waals surface area contributed by atoms with E-state index in [0.717, 1.165) is 0 Å². The summed E-state index contributed by atoms with van der Waals surface area (Å²) < 4.78 is 5.47. The Morgan fingerprint density at radius 1 is 1.28 bits per heavy atom. The van der Waals surface area contributed by atoms with Crippen LogP contribution < -0.4 is 4.74 Å². The Labute approximate surface area is 112 Å². The predicted molar refractivity (Wildman–Crippen MR) is 67.9 cm³/mol. The van der Waals surface area contributed by atoms with Gasteiger partial charge in [-0.2, -0.15) is 0 Å². The Balaban J connectivity index is 2.70. The van der Waals surface area contributed by atoms with Crippen molar-refractivity contribution in [3.05, 3.63) is 39.4 Å². The van der Waals surface area contributed by atoms with E-state index in [1.807, 2.05) is 0 Å². The topological polar surface area (TPSA) is 60.4 Å². The molecule has 0 heterocycles. The van der Waals surface area contributed by atoms with Gasteiger partial charge in [0.2, 0.25) is 0 Å². The first-order valence-corrected chi connectivity index (χ1v) is 5.99. The molecule has 1 aromatic rings. The molecule has 0 spiro atoms. The van der Waals surface area contributed by atoms with E-state index in [0.29, 0.717) is 10.0 Å². The van der Waals surface area contributed by atoms with Crippen LogP contribution in [-0.4, -0.2) is 17.5 Å². The smallest absolute Gasteiger partial charge is 0.308 e. The van der Waals surface area contributed by atoms with E-state index in [1.54, 1.807) is 19.1 Å². The van der Waals surface area contributed by atoms with Crippen LogP contribution in [0.1, 0.15) is 34.6 Å². The molecule has 0 N–H and O–H groups in total. The van der Waals surface area contributed by atoms with Crippen LogP contribution in [0.3, 0.4) is 0 Å². The number of hydrogen-bond acceptors (Lipinski definition) is 4. The van der Waals surface area contributed by atoms with E-state index in [2.05, 4.69) is 15.9 Å². The number of Topliss-reactive ketones (excluding diaryl/α,β-unsaturated/α-hetero) is 1. The number of allylic oxidation sites excluding steroid dienone is 2. The van der Waals surface area contributed by atoms with Crippen molar-refractivity contribution >= 4 is 33.5 Å². The molecule has 0 unspecified atom stereocenters. The van der Waals surface area contributed by atoms with Crippen LogP contribution in [0.4, 0.5) is 0 Å². The number of rotatable bonds is 1. The molecule has 4 nitrogen and oxygen atoms in total. The number of carbonyl (C=O) groups excluding carboxylic acids is 3. The lowest BCUT2D eigenvalue weighted by molar-refractivity contribution is -0.131. The second kappa shape index (κ2) is 4.49. The molecule has 0 amide bonds. The normalized spacial score (nSPS) is 14.1. The van der Waals surface area contributed by atoms with Gasteiger partial charge in [0.25, 0.3) is 0 Å². The number of halogens is 1. The van der Waals surface area contributed by atoms with Gasteiger partial charge in [0.1, 0.15) is 0 Å². The molecule has 18 heavy (non-hydrogen) atoms. The molecule has 92 valence electrons. The van der Waals surface area contributed by atoms with E-state index in [1.165, 1.54) is 13.0 Å². The van der Waals surface area contributed by atoms with Crippen LogP contribution in [-0.2, 0) is 4.79 Å². The molecule has 5 heteroatoms. The molecule has 0 fully saturated rings. The van der Waals surface area contributed by atoms with Crippen molar-refractivity contribution in [3.63, 3.8) is 0 Å². The maximum Gasteiger partial charge on any atom is 0.308 e. The van der Waals surface area contributed by atoms with Gasteiger partial charge in [-0.15, -0.1) is 0 Å². The van der Waals surface area contributed by atoms with Crippen molar-refractivity contribution in [3.8, 4) is 5.75 Å². The SMILES string of the molecule is CC(=O)Oc1c(Br)ccc2c1C(=O)C=C(C)C2=O. The third-order valence-corrected chi connectivity index (χ3v) is 3.18. The molecule has 0 aliphatic heterocycles. The Bertz CT molecular complexity index is 614. The zero-order chi connectivity index (χ0) is 13.4. The van der Waals surface area contributed by atoms with E-state index < -0.39 is 5.97 Å². The van der Waals surface area contributed by atoms with Crippen LogP contribution >= 0.6 is 15.9 Å². The average Bonchev–Trinajstić information content (AvgIpc) is 2.28. The molecule has 1 aliphatic rings. The molecule has 0 bridgehead atoms. The zero-order valence-corrected chi connectivity index (χ0v) is 11.3. The summed E-state index contributed by atoms with van der Waals surface area (Å²) >= 11 is 3.20. The molecule has 0 saturated carbocycles. The summed E-state index contributed by atoms with van der Waals surface area (Å²) in [5, 5.41) is 0. The lowest BCUT2D eigenvalue weighted by Crippen LogP contribution is -2.18. The summed E-state index contributed by atoms with van der Waals surface area (Å²) in [7, 11) is 0. The van der Waals surface area contributed by atoms with Crippen LogP contribution in [0, 0.1) is 0 Å². The summed E-state index contributed by atoms with van der Waals surface area (Å²) in [5.41, 5.74) is 0.776. The van der Waals surface area contributed by atoms with Crippen LogP contribution in [0.5, 0.6) is 5.75 Å². The van der Waals surface area contributed by atoms with Gasteiger partial charge in [-0.1, -0.05) is 0 Å². The van der Waals surface area contributed by atoms with Gasteiger partial charge >= 0.3 is 5.97 Å². The van der Waals surface area contributed by atoms with Crippen molar-refractivity contribution in [2.45, 2.75) is 13.8 Å². The lowest BCUT2D eigenvalue weighted by Gasteiger charge is -2.16. The highest BCUT2D eigenvalue weighted by atomic mass is 79.9. The molecule has 0 atom stereocenters. The summed E-state index contributed by atoms with van der Waals surface area (Å²) in [6, 6.07) is 3.13. The number of ether oxygens (including phenoxy) is 1. The number of carbonyl (C=O) groups is 3. The second-order valence-corrected chi connectivity index (χ2v) is 4.77. The Morgan fingerprint density at radius 3 is 2.56 bits per heavy atom. The van der Waals surface area contributed by atoms with E-state index in [9.17, 15) is 14.4 Å². The van der Waals surface area contributed by atoms with Gasteiger partial charge < -0.3 is 4.74 Å². The van der Waals surface area contributed by atoms with Crippen molar-refractivity contribution in [2.24, 2.45) is 0 Å². The second-order valence-electron chi connectivity index (χ2n) is 3.91. The Kier molecular flexibility index (Phi) is 3.17. The van der Waals surface area contributed by atoms with Crippen LogP contribution in [0.2, 0.25) is 0 Å². The molecule has 0 aromatic heterocycles. The van der Waals surface area contributed by atoms with E-state index >= 15 is 0 Å². The summed E-state index contributed by atoms with van der Waals surface area (Å²) in [4.78, 5) is 34.9. The third-order valence-electron chi connectivity index (χ3n) is 2.55. The number of esters is 1. The van der Waals surface area contributed by atoms with Gasteiger partial charge in [-0.3, -0.25) is 14.4 Å². The minimum Gasteiger partial charge on any atom is -0.425 e. The maximum atomic E-state index is 12.0. The van der Waals surface area contributed by atoms with Gasteiger partial charge in [0.05, 0.1) is 10.0 Å². The van der Waals surface area contributed by atoms with Crippen molar-refractivity contribution in [1.82, 2.24) is 0 Å². The van der Waals surface area contributed by atoms with E-state index in [-0.39, 0.29) is 28.4 Å². The van der Waals surface area contributed by atoms with Gasteiger partial charge in [0.15, 0.2) is 17.3 Å². The molecule has 1 aliphatic carbocycles. The average molecular weight is 309 g/mol. The number of hydrogen-bond donors (Lipinski definition) is 0. The monoisotopic (exact) mass is 308 g/mol. The third kappa shape index (κ3) is 2.01. The van der Waals surface area contributed by atoms with Gasteiger partial charge in [-0.25, -0.2) is 0 Å². The van der Waals surface area contributed by atoms with Gasteiger partial charge in [-0.05, 0) is 41.1 Å². The lowest BCUT2D eigenvalue weighted by atomic mass is 9.89. The summed E-state index contributed by atoms with van der Waals surface area (Å²) in [6.07, 6.45) is 1.25. The van der Waals surface area contributed by atoms with Gasteiger partial charge in [0, 0.05) is 18.1 Å². The molecule has 0 radical (unpaired) electrons. The number of ketones is 2.